The first-order valence-corrected chi connectivity index (χ1v) is 29.5. The molecule has 1 rings (SSSR count). The largest absolute Gasteiger partial charge is 0.394 e. The highest BCUT2D eigenvalue weighted by Crippen LogP contribution is 2.23. The van der Waals surface area contributed by atoms with Crippen LogP contribution in [0.4, 0.5) is 0 Å². The van der Waals surface area contributed by atoms with Gasteiger partial charge in [-0.2, -0.15) is 0 Å². The summed E-state index contributed by atoms with van der Waals surface area (Å²) in [5.74, 6) is -0.251. The summed E-state index contributed by atoms with van der Waals surface area (Å²) in [6.45, 7) is 9.66. The van der Waals surface area contributed by atoms with E-state index in [0.29, 0.717) is 6.42 Å². The van der Waals surface area contributed by atoms with E-state index in [4.69, 9.17) is 9.47 Å². The summed E-state index contributed by atoms with van der Waals surface area (Å²) in [6, 6.07) is -0.992. The van der Waals surface area contributed by atoms with Crippen molar-refractivity contribution in [2.75, 3.05) is 32.8 Å². The summed E-state index contributed by atoms with van der Waals surface area (Å²) in [7, 11) is 0. The second-order valence-electron chi connectivity index (χ2n) is 21.0. The van der Waals surface area contributed by atoms with Crippen LogP contribution in [0.15, 0.2) is 0 Å². The van der Waals surface area contributed by atoms with E-state index in [-0.39, 0.29) is 18.9 Å². The Balaban J connectivity index is 2.46. The normalized spacial score (nSPS) is 20.0. The van der Waals surface area contributed by atoms with Crippen LogP contribution in [-0.2, 0) is 14.3 Å². The van der Waals surface area contributed by atoms with Gasteiger partial charge in [0, 0.05) is 6.42 Å². The third-order valence-electron chi connectivity index (χ3n) is 14.6. The average Bonchev–Trinajstić information content (AvgIpc) is 3.34. The molecule has 68 heavy (non-hydrogen) atoms. The SMILES string of the molecule is CCCCCCCCCCCCCC[C@@H](O)[C@@H](O)[C@H](CO[C@H]1O[C@H](CO)[C@H](O)[C@H](O)[C@H]1O)NC(=O)CCCCCCCCCCN(CCCCCCCCCCC)CCCCCCCCCCC. The van der Waals surface area contributed by atoms with E-state index in [1.54, 1.807) is 0 Å². The second-order valence-corrected chi connectivity index (χ2v) is 21.0. The number of nitrogens with one attached hydrogen (secondary N) is 1. The van der Waals surface area contributed by atoms with Crippen LogP contribution in [-0.4, -0.2) is 123 Å². The molecule has 0 radical (unpaired) electrons. The summed E-state index contributed by atoms with van der Waals surface area (Å²) in [6.07, 6.45) is 39.0. The zero-order valence-electron chi connectivity index (χ0n) is 44.8. The maximum Gasteiger partial charge on any atom is 0.220 e. The van der Waals surface area contributed by atoms with Gasteiger partial charge >= 0.3 is 0 Å². The molecule has 0 spiro atoms. The first-order chi connectivity index (χ1) is 33.2. The van der Waals surface area contributed by atoms with E-state index in [9.17, 15) is 35.4 Å². The van der Waals surface area contributed by atoms with E-state index >= 15 is 0 Å². The van der Waals surface area contributed by atoms with Crippen molar-refractivity contribution in [2.24, 2.45) is 0 Å². The van der Waals surface area contributed by atoms with Crippen LogP contribution in [0.3, 0.4) is 0 Å². The molecule has 1 amide bonds. The molecule has 1 aliphatic heterocycles. The Bertz CT molecular complexity index is 1050. The van der Waals surface area contributed by atoms with Crippen molar-refractivity contribution >= 4 is 5.91 Å². The number of amides is 1. The summed E-state index contributed by atoms with van der Waals surface area (Å²) < 4.78 is 11.2. The number of ether oxygens (including phenoxy) is 2. The second kappa shape index (κ2) is 47.1. The minimum atomic E-state index is -1.61. The Labute approximate surface area is 419 Å². The molecule has 0 aromatic rings. The standard InChI is InChI=1S/C57H114N2O9/c1-4-7-10-13-16-19-20-21-22-27-32-37-42-50(61)53(63)49(48-67-57-56(66)55(65)54(64)51(47-60)68-57)58-52(62)43-38-33-28-23-26-31-36-41-46-59(44-39-34-29-24-17-14-11-8-5-2)45-40-35-30-25-18-15-12-9-6-3/h49-51,53-57,60-61,63-66H,4-48H2,1-3H3,(H,58,62)/t49-,50+,51+,53-,54-,55-,56+,57-/m0/s1. The lowest BCUT2D eigenvalue weighted by atomic mass is 9.98. The molecule has 8 atom stereocenters. The third kappa shape index (κ3) is 35.3. The highest BCUT2D eigenvalue weighted by Gasteiger charge is 2.44. The van der Waals surface area contributed by atoms with E-state index in [1.165, 1.54) is 212 Å². The van der Waals surface area contributed by atoms with Gasteiger partial charge in [0.2, 0.25) is 5.91 Å². The number of hydrogen-bond acceptors (Lipinski definition) is 10. The van der Waals surface area contributed by atoms with Crippen molar-refractivity contribution in [1.82, 2.24) is 10.2 Å². The van der Waals surface area contributed by atoms with Gasteiger partial charge in [0.15, 0.2) is 6.29 Å². The van der Waals surface area contributed by atoms with Gasteiger partial charge < -0.3 is 50.3 Å². The predicted molar refractivity (Wildman–Crippen MR) is 282 cm³/mol. The molecule has 0 saturated carbocycles. The van der Waals surface area contributed by atoms with E-state index in [2.05, 4.69) is 31.0 Å². The molecule has 11 nitrogen and oxygen atoms in total. The topological polar surface area (TPSA) is 172 Å². The molecule has 406 valence electrons. The molecule has 1 heterocycles. The molecular formula is C57H114N2O9. The summed E-state index contributed by atoms with van der Waals surface area (Å²) in [5.41, 5.74) is 0. The highest BCUT2D eigenvalue weighted by atomic mass is 16.7. The van der Waals surface area contributed by atoms with Crippen LogP contribution in [0.5, 0.6) is 0 Å². The quantitative estimate of drug-likeness (QED) is 0.0291. The molecule has 1 fully saturated rings. The zero-order chi connectivity index (χ0) is 49.7. The van der Waals surface area contributed by atoms with Crippen LogP contribution in [0.2, 0.25) is 0 Å². The lowest BCUT2D eigenvalue weighted by Gasteiger charge is -2.40. The van der Waals surface area contributed by atoms with Gasteiger partial charge in [-0.1, -0.05) is 239 Å². The van der Waals surface area contributed by atoms with Gasteiger partial charge in [0.25, 0.3) is 0 Å². The number of aliphatic hydroxyl groups is 6. The Hall–Kier alpha value is -0.890. The first kappa shape index (κ1) is 65.1. The number of aliphatic hydroxyl groups excluding tert-OH is 6. The highest BCUT2D eigenvalue weighted by molar-refractivity contribution is 5.76. The molecule has 0 aliphatic carbocycles. The first-order valence-electron chi connectivity index (χ1n) is 29.5. The molecule has 1 aliphatic rings. The van der Waals surface area contributed by atoms with Crippen molar-refractivity contribution in [1.29, 1.82) is 0 Å². The number of unbranched alkanes of at least 4 members (excludes halogenated alkanes) is 34. The fourth-order valence-corrected chi connectivity index (χ4v) is 9.85. The van der Waals surface area contributed by atoms with Gasteiger partial charge in [-0.05, 0) is 51.7 Å². The molecule has 1 saturated heterocycles. The molecule has 0 bridgehead atoms. The fraction of sp³-hybridized carbons (Fsp3) is 0.982. The van der Waals surface area contributed by atoms with Gasteiger partial charge in [0.1, 0.15) is 30.5 Å². The Kier molecular flexibility index (Phi) is 45.1. The molecule has 0 aromatic heterocycles. The van der Waals surface area contributed by atoms with Gasteiger partial charge in [-0.3, -0.25) is 4.79 Å². The van der Waals surface area contributed by atoms with Crippen LogP contribution in [0.25, 0.3) is 0 Å². The van der Waals surface area contributed by atoms with Crippen molar-refractivity contribution in [3.8, 4) is 0 Å². The maximum absolute atomic E-state index is 13.2. The Morgan fingerprint density at radius 1 is 0.500 bits per heavy atom. The third-order valence-corrected chi connectivity index (χ3v) is 14.6. The number of hydrogen-bond donors (Lipinski definition) is 7. The van der Waals surface area contributed by atoms with Crippen molar-refractivity contribution in [2.45, 2.75) is 327 Å². The number of nitrogens with zero attached hydrogens (tertiary/aromatic N) is 1. The Morgan fingerprint density at radius 2 is 0.853 bits per heavy atom. The van der Waals surface area contributed by atoms with Gasteiger partial charge in [-0.25, -0.2) is 0 Å². The van der Waals surface area contributed by atoms with Crippen LogP contribution >= 0.6 is 0 Å². The van der Waals surface area contributed by atoms with Crippen LogP contribution < -0.4 is 5.32 Å². The van der Waals surface area contributed by atoms with E-state index < -0.39 is 55.6 Å². The van der Waals surface area contributed by atoms with Gasteiger partial charge in [0.05, 0.1) is 25.4 Å². The monoisotopic (exact) mass is 971 g/mol. The number of rotatable bonds is 51. The fourth-order valence-electron chi connectivity index (χ4n) is 9.85. The molecule has 0 aromatic carbocycles. The lowest BCUT2D eigenvalue weighted by Crippen LogP contribution is -2.60. The molecule has 0 unspecified atom stereocenters. The lowest BCUT2D eigenvalue weighted by molar-refractivity contribution is -0.303. The molecule has 7 N–H and O–H groups in total. The average molecular weight is 972 g/mol. The van der Waals surface area contributed by atoms with Crippen LogP contribution in [0.1, 0.15) is 278 Å². The van der Waals surface area contributed by atoms with E-state index in [0.717, 1.165) is 51.4 Å². The summed E-state index contributed by atoms with van der Waals surface area (Å²) in [5, 5.41) is 65.7. The number of carbonyl (C=O) groups excluding carboxylic acids is 1. The summed E-state index contributed by atoms with van der Waals surface area (Å²) >= 11 is 0. The molecule has 11 heteroatoms. The van der Waals surface area contributed by atoms with Crippen molar-refractivity contribution < 1.29 is 44.9 Å². The van der Waals surface area contributed by atoms with Crippen LogP contribution in [0, 0.1) is 0 Å². The maximum atomic E-state index is 13.2. The molecular weight excluding hydrogens is 857 g/mol. The predicted octanol–water partition coefficient (Wildman–Crippen LogP) is 12.0. The zero-order valence-corrected chi connectivity index (χ0v) is 44.8. The summed E-state index contributed by atoms with van der Waals surface area (Å²) in [4.78, 5) is 16.0. The van der Waals surface area contributed by atoms with Gasteiger partial charge in [-0.15, -0.1) is 0 Å². The van der Waals surface area contributed by atoms with Crippen molar-refractivity contribution in [3.05, 3.63) is 0 Å². The Morgan fingerprint density at radius 3 is 1.24 bits per heavy atom. The minimum absolute atomic E-state index is 0.251. The van der Waals surface area contributed by atoms with Crippen molar-refractivity contribution in [3.63, 3.8) is 0 Å². The van der Waals surface area contributed by atoms with E-state index in [1.807, 2.05) is 0 Å². The number of carbonyl (C=O) groups is 1. The minimum Gasteiger partial charge on any atom is -0.394 e. The smallest absolute Gasteiger partial charge is 0.220 e.